The number of aromatic nitrogens is 1. The van der Waals surface area contributed by atoms with E-state index < -0.39 is 0 Å². The van der Waals surface area contributed by atoms with Gasteiger partial charge < -0.3 is 10.6 Å². The zero-order valence-corrected chi connectivity index (χ0v) is 15.0. The lowest BCUT2D eigenvalue weighted by atomic mass is 10.0. The molecule has 0 aliphatic carbocycles. The highest BCUT2D eigenvalue weighted by molar-refractivity contribution is 5.89. The van der Waals surface area contributed by atoms with Crippen LogP contribution in [0.5, 0.6) is 0 Å². The Hall–Kier alpha value is -2.40. The fourth-order valence-electron chi connectivity index (χ4n) is 3.26. The molecular weight excluding hydrogens is 312 g/mol. The normalized spacial score (nSPS) is 15.8. The van der Waals surface area contributed by atoms with Crippen molar-refractivity contribution in [1.82, 2.24) is 9.88 Å². The molecule has 0 unspecified atom stereocenters. The second kappa shape index (κ2) is 8.12. The molecule has 5 heteroatoms. The summed E-state index contributed by atoms with van der Waals surface area (Å²) in [5.41, 5.74) is 4.42. The van der Waals surface area contributed by atoms with Crippen molar-refractivity contribution in [2.75, 3.05) is 23.7 Å². The van der Waals surface area contributed by atoms with E-state index in [9.17, 15) is 4.79 Å². The number of hydrogen-bond acceptors (Lipinski definition) is 4. The van der Waals surface area contributed by atoms with Gasteiger partial charge in [-0.05, 0) is 49.1 Å². The summed E-state index contributed by atoms with van der Waals surface area (Å²) in [6.07, 6.45) is 5.99. The van der Waals surface area contributed by atoms with Gasteiger partial charge in [0.2, 0.25) is 5.91 Å². The van der Waals surface area contributed by atoms with Crippen LogP contribution in [0.1, 0.15) is 30.9 Å². The minimum absolute atomic E-state index is 0.0430. The smallest absolute Gasteiger partial charge is 0.221 e. The third kappa shape index (κ3) is 5.03. The zero-order chi connectivity index (χ0) is 17.6. The summed E-state index contributed by atoms with van der Waals surface area (Å²) in [6.45, 7) is 6.76. The molecule has 1 fully saturated rings. The number of likely N-dealkylation sites (tertiary alicyclic amines) is 1. The second-order valence-electron chi connectivity index (χ2n) is 6.77. The topological polar surface area (TPSA) is 57.3 Å². The van der Waals surface area contributed by atoms with E-state index in [2.05, 4.69) is 33.5 Å². The van der Waals surface area contributed by atoms with Crippen LogP contribution in [0.25, 0.3) is 0 Å². The van der Waals surface area contributed by atoms with Gasteiger partial charge in [0.15, 0.2) is 0 Å². The van der Waals surface area contributed by atoms with E-state index >= 15 is 0 Å². The molecule has 1 aliphatic rings. The van der Waals surface area contributed by atoms with Crippen molar-refractivity contribution in [1.29, 1.82) is 0 Å². The SMILES string of the molecule is CC(=O)Nc1ccc(C)c(NC2CCN(Cc3cccnc3)CC2)c1. The van der Waals surface area contributed by atoms with Crippen LogP contribution >= 0.6 is 0 Å². The fourth-order valence-corrected chi connectivity index (χ4v) is 3.26. The summed E-state index contributed by atoms with van der Waals surface area (Å²) in [7, 11) is 0. The Bertz CT molecular complexity index is 709. The van der Waals surface area contributed by atoms with Crippen molar-refractivity contribution in [2.24, 2.45) is 0 Å². The first-order chi connectivity index (χ1) is 12.1. The number of anilines is 2. The molecule has 0 spiro atoms. The van der Waals surface area contributed by atoms with Gasteiger partial charge in [0.25, 0.3) is 0 Å². The summed E-state index contributed by atoms with van der Waals surface area (Å²) in [5.74, 6) is -0.0430. The van der Waals surface area contributed by atoms with Crippen LogP contribution in [0.4, 0.5) is 11.4 Å². The molecule has 1 saturated heterocycles. The first-order valence-corrected chi connectivity index (χ1v) is 8.86. The summed E-state index contributed by atoms with van der Waals surface area (Å²) in [5, 5.41) is 6.51. The summed E-state index contributed by atoms with van der Waals surface area (Å²) in [6, 6.07) is 10.6. The number of pyridine rings is 1. The number of nitrogens with zero attached hydrogens (tertiary/aromatic N) is 2. The Kier molecular flexibility index (Phi) is 5.66. The van der Waals surface area contributed by atoms with Gasteiger partial charge in [0.05, 0.1) is 0 Å². The Labute approximate surface area is 149 Å². The first-order valence-electron chi connectivity index (χ1n) is 8.86. The van der Waals surface area contributed by atoms with Gasteiger partial charge in [-0.15, -0.1) is 0 Å². The van der Waals surface area contributed by atoms with Crippen molar-refractivity contribution in [3.63, 3.8) is 0 Å². The highest BCUT2D eigenvalue weighted by Gasteiger charge is 2.19. The van der Waals surface area contributed by atoms with E-state index in [0.29, 0.717) is 6.04 Å². The molecule has 2 N–H and O–H groups in total. The summed E-state index contributed by atoms with van der Waals surface area (Å²) < 4.78 is 0. The minimum atomic E-state index is -0.0430. The molecule has 1 amide bonds. The Morgan fingerprint density at radius 3 is 2.76 bits per heavy atom. The number of rotatable bonds is 5. The highest BCUT2D eigenvalue weighted by atomic mass is 16.1. The largest absolute Gasteiger partial charge is 0.382 e. The Morgan fingerprint density at radius 1 is 1.28 bits per heavy atom. The predicted octanol–water partition coefficient (Wildman–Crippen LogP) is 3.42. The predicted molar refractivity (Wildman–Crippen MR) is 102 cm³/mol. The third-order valence-corrected chi connectivity index (χ3v) is 4.63. The maximum atomic E-state index is 11.2. The maximum Gasteiger partial charge on any atom is 0.221 e. The minimum Gasteiger partial charge on any atom is -0.382 e. The van der Waals surface area contributed by atoms with Gasteiger partial charge in [-0.1, -0.05) is 12.1 Å². The first kappa shape index (κ1) is 17.4. The number of carbonyl (C=O) groups is 1. The average Bonchev–Trinajstić information content (AvgIpc) is 2.60. The zero-order valence-electron chi connectivity index (χ0n) is 15.0. The fraction of sp³-hybridized carbons (Fsp3) is 0.400. The Morgan fingerprint density at radius 2 is 2.08 bits per heavy atom. The van der Waals surface area contributed by atoms with Crippen molar-refractivity contribution >= 4 is 17.3 Å². The molecule has 0 bridgehead atoms. The number of piperidine rings is 1. The Balaban J connectivity index is 1.54. The molecule has 132 valence electrons. The summed E-state index contributed by atoms with van der Waals surface area (Å²) in [4.78, 5) is 17.9. The molecule has 1 aliphatic heterocycles. The molecule has 1 aromatic carbocycles. The monoisotopic (exact) mass is 338 g/mol. The number of nitrogens with one attached hydrogen (secondary N) is 2. The molecule has 2 aromatic rings. The van der Waals surface area contributed by atoms with Crippen LogP contribution < -0.4 is 10.6 Å². The molecule has 25 heavy (non-hydrogen) atoms. The second-order valence-corrected chi connectivity index (χ2v) is 6.77. The van der Waals surface area contributed by atoms with E-state index in [0.717, 1.165) is 43.9 Å². The maximum absolute atomic E-state index is 11.2. The van der Waals surface area contributed by atoms with Gasteiger partial charge in [0.1, 0.15) is 0 Å². The molecule has 5 nitrogen and oxygen atoms in total. The molecule has 3 rings (SSSR count). The van der Waals surface area contributed by atoms with Gasteiger partial charge in [-0.2, -0.15) is 0 Å². The quantitative estimate of drug-likeness (QED) is 0.877. The molecule has 0 saturated carbocycles. The number of hydrogen-bond donors (Lipinski definition) is 2. The number of carbonyl (C=O) groups excluding carboxylic acids is 1. The molecule has 2 heterocycles. The number of aryl methyl sites for hydroxylation is 1. The van der Waals surface area contributed by atoms with Crippen LogP contribution in [0.15, 0.2) is 42.7 Å². The lowest BCUT2D eigenvalue weighted by molar-refractivity contribution is -0.114. The average molecular weight is 338 g/mol. The standard InChI is InChI=1S/C20H26N4O/c1-15-5-6-19(22-16(2)25)12-20(15)23-18-7-10-24(11-8-18)14-17-4-3-9-21-13-17/h3-6,9,12-13,18,23H,7-8,10-11,14H2,1-2H3,(H,22,25). The number of amides is 1. The lowest BCUT2D eigenvalue weighted by Crippen LogP contribution is -2.38. The van der Waals surface area contributed by atoms with Gasteiger partial charge in [-0.3, -0.25) is 14.7 Å². The van der Waals surface area contributed by atoms with Crippen molar-refractivity contribution in [2.45, 2.75) is 39.3 Å². The van der Waals surface area contributed by atoms with Crippen LogP contribution in [0, 0.1) is 6.92 Å². The van der Waals surface area contributed by atoms with E-state index in [-0.39, 0.29) is 5.91 Å². The van der Waals surface area contributed by atoms with Crippen molar-refractivity contribution < 1.29 is 4.79 Å². The summed E-state index contributed by atoms with van der Waals surface area (Å²) >= 11 is 0. The van der Waals surface area contributed by atoms with E-state index in [4.69, 9.17) is 0 Å². The van der Waals surface area contributed by atoms with Crippen molar-refractivity contribution in [3.8, 4) is 0 Å². The lowest BCUT2D eigenvalue weighted by Gasteiger charge is -2.33. The van der Waals surface area contributed by atoms with Crippen LogP contribution in [-0.4, -0.2) is 34.9 Å². The van der Waals surface area contributed by atoms with Crippen molar-refractivity contribution in [3.05, 3.63) is 53.9 Å². The van der Waals surface area contributed by atoms with E-state index in [1.54, 1.807) is 0 Å². The molecule has 1 aromatic heterocycles. The molecular formula is C20H26N4O. The molecule has 0 atom stereocenters. The number of benzene rings is 1. The van der Waals surface area contributed by atoms with Crippen LogP contribution in [0.2, 0.25) is 0 Å². The van der Waals surface area contributed by atoms with E-state index in [1.807, 2.05) is 36.7 Å². The van der Waals surface area contributed by atoms with E-state index in [1.165, 1.54) is 18.1 Å². The van der Waals surface area contributed by atoms with Crippen LogP contribution in [0.3, 0.4) is 0 Å². The van der Waals surface area contributed by atoms with Gasteiger partial charge in [0, 0.05) is 56.4 Å². The van der Waals surface area contributed by atoms with Gasteiger partial charge >= 0.3 is 0 Å². The van der Waals surface area contributed by atoms with Crippen LogP contribution in [-0.2, 0) is 11.3 Å². The highest BCUT2D eigenvalue weighted by Crippen LogP contribution is 2.24. The van der Waals surface area contributed by atoms with Gasteiger partial charge in [-0.25, -0.2) is 0 Å². The molecule has 0 radical (unpaired) electrons. The third-order valence-electron chi connectivity index (χ3n) is 4.63.